The van der Waals surface area contributed by atoms with Crippen molar-refractivity contribution in [3.05, 3.63) is 27.3 Å². The van der Waals surface area contributed by atoms with Crippen LogP contribution in [0.2, 0.25) is 0 Å². The van der Waals surface area contributed by atoms with E-state index in [9.17, 15) is 26.3 Å². The first kappa shape index (κ1) is 13.9. The maximum Gasteiger partial charge on any atom is 0.446 e. The Morgan fingerprint density at radius 1 is 1.00 bits per heavy atom. The third-order valence-electron chi connectivity index (χ3n) is 1.47. The standard InChI is InChI=1S/C8H3F6IS/c9-7(10,11)5-3-4(15)1-2-6(5)16-8(12,13)14/h1-3H. The van der Waals surface area contributed by atoms with Gasteiger partial charge in [-0.05, 0) is 52.6 Å². The van der Waals surface area contributed by atoms with E-state index in [2.05, 4.69) is 0 Å². The maximum absolute atomic E-state index is 12.4. The number of alkyl halides is 6. The second-order valence-electron chi connectivity index (χ2n) is 2.69. The summed E-state index contributed by atoms with van der Waals surface area (Å²) in [6.07, 6.45) is -4.78. The van der Waals surface area contributed by atoms with E-state index in [0.29, 0.717) is 6.07 Å². The van der Waals surface area contributed by atoms with Gasteiger partial charge in [0.2, 0.25) is 0 Å². The molecule has 1 rings (SSSR count). The quantitative estimate of drug-likeness (QED) is 0.383. The second-order valence-corrected chi connectivity index (χ2v) is 5.04. The van der Waals surface area contributed by atoms with Gasteiger partial charge in [-0.1, -0.05) is 0 Å². The van der Waals surface area contributed by atoms with Crippen LogP contribution in [-0.4, -0.2) is 5.51 Å². The molecule has 90 valence electrons. The first-order valence-electron chi connectivity index (χ1n) is 3.72. The molecule has 8 heteroatoms. The highest BCUT2D eigenvalue weighted by atomic mass is 127. The lowest BCUT2D eigenvalue weighted by molar-refractivity contribution is -0.139. The summed E-state index contributed by atoms with van der Waals surface area (Å²) in [4.78, 5) is -0.833. The fraction of sp³-hybridized carbons (Fsp3) is 0.250. The summed E-state index contributed by atoms with van der Waals surface area (Å²) in [7, 11) is 0. The van der Waals surface area contributed by atoms with Crippen molar-refractivity contribution in [2.45, 2.75) is 16.6 Å². The van der Waals surface area contributed by atoms with Crippen LogP contribution in [0.3, 0.4) is 0 Å². The molecular formula is C8H3F6IS. The molecule has 0 spiro atoms. The minimum absolute atomic E-state index is 0.233. The second kappa shape index (κ2) is 4.63. The molecule has 1 aromatic carbocycles. The minimum Gasteiger partial charge on any atom is -0.166 e. The highest BCUT2D eigenvalue weighted by molar-refractivity contribution is 14.1. The van der Waals surface area contributed by atoms with Crippen molar-refractivity contribution < 1.29 is 26.3 Å². The van der Waals surface area contributed by atoms with E-state index in [4.69, 9.17) is 0 Å². The van der Waals surface area contributed by atoms with Gasteiger partial charge in [0.15, 0.2) is 0 Å². The number of thioether (sulfide) groups is 1. The smallest absolute Gasteiger partial charge is 0.166 e. The number of hydrogen-bond acceptors (Lipinski definition) is 1. The molecule has 0 bridgehead atoms. The molecule has 0 atom stereocenters. The lowest BCUT2D eigenvalue weighted by Gasteiger charge is -2.13. The van der Waals surface area contributed by atoms with Gasteiger partial charge in [-0.3, -0.25) is 0 Å². The van der Waals surface area contributed by atoms with Crippen LogP contribution < -0.4 is 0 Å². The highest BCUT2D eigenvalue weighted by Crippen LogP contribution is 2.43. The summed E-state index contributed by atoms with van der Waals surface area (Å²) in [6.45, 7) is 0. The van der Waals surface area contributed by atoms with Gasteiger partial charge in [0.05, 0.1) is 5.56 Å². The Kier molecular flexibility index (Phi) is 4.04. The molecule has 0 aromatic heterocycles. The van der Waals surface area contributed by atoms with Crippen molar-refractivity contribution in [2.75, 3.05) is 0 Å². The van der Waals surface area contributed by atoms with E-state index in [-0.39, 0.29) is 3.57 Å². The monoisotopic (exact) mass is 372 g/mol. The van der Waals surface area contributed by atoms with E-state index in [1.54, 1.807) is 22.6 Å². The molecule has 0 nitrogen and oxygen atoms in total. The lowest BCUT2D eigenvalue weighted by atomic mass is 10.2. The van der Waals surface area contributed by atoms with Crippen LogP contribution in [0.4, 0.5) is 26.3 Å². The number of hydrogen-bond donors (Lipinski definition) is 0. The molecule has 0 unspecified atom stereocenters. The zero-order chi connectivity index (χ0) is 12.6. The molecule has 0 saturated heterocycles. The van der Waals surface area contributed by atoms with E-state index < -0.39 is 33.9 Å². The van der Waals surface area contributed by atoms with Crippen LogP contribution in [-0.2, 0) is 6.18 Å². The molecule has 0 saturated carbocycles. The van der Waals surface area contributed by atoms with Crippen molar-refractivity contribution >= 4 is 34.4 Å². The average molecular weight is 372 g/mol. The van der Waals surface area contributed by atoms with Gasteiger partial charge in [0, 0.05) is 8.47 Å². The zero-order valence-electron chi connectivity index (χ0n) is 7.29. The predicted molar refractivity (Wildman–Crippen MR) is 56.1 cm³/mol. The number of rotatable bonds is 1. The van der Waals surface area contributed by atoms with Gasteiger partial charge >= 0.3 is 11.7 Å². The van der Waals surface area contributed by atoms with Gasteiger partial charge < -0.3 is 0 Å². The van der Waals surface area contributed by atoms with E-state index in [1.165, 1.54) is 6.07 Å². The Morgan fingerprint density at radius 3 is 2.00 bits per heavy atom. The summed E-state index contributed by atoms with van der Waals surface area (Å²) >= 11 is 0.848. The number of halogens is 7. The Morgan fingerprint density at radius 2 is 1.56 bits per heavy atom. The van der Waals surface area contributed by atoms with Crippen LogP contribution in [0.1, 0.15) is 5.56 Å². The third-order valence-corrected chi connectivity index (χ3v) is 2.95. The topological polar surface area (TPSA) is 0 Å². The molecule has 16 heavy (non-hydrogen) atoms. The lowest BCUT2D eigenvalue weighted by Crippen LogP contribution is -2.09. The summed E-state index contributed by atoms with van der Waals surface area (Å²) in [6, 6.07) is 2.71. The van der Waals surface area contributed by atoms with Gasteiger partial charge in [-0.25, -0.2) is 0 Å². The first-order valence-corrected chi connectivity index (χ1v) is 5.61. The van der Waals surface area contributed by atoms with Gasteiger partial charge in [0.25, 0.3) is 0 Å². The van der Waals surface area contributed by atoms with Crippen molar-refractivity contribution in [3.8, 4) is 0 Å². The molecule has 0 aliphatic rings. The maximum atomic E-state index is 12.4. The Balaban J connectivity index is 3.19. The molecule has 0 aliphatic heterocycles. The van der Waals surface area contributed by atoms with Crippen LogP contribution in [0.25, 0.3) is 0 Å². The summed E-state index contributed by atoms with van der Waals surface area (Å²) in [5.41, 5.74) is -5.99. The van der Waals surface area contributed by atoms with Crippen molar-refractivity contribution in [3.63, 3.8) is 0 Å². The van der Waals surface area contributed by atoms with Gasteiger partial charge in [-0.2, -0.15) is 26.3 Å². The molecule has 1 aromatic rings. The van der Waals surface area contributed by atoms with Crippen LogP contribution >= 0.6 is 34.4 Å². The molecule has 0 aliphatic carbocycles. The van der Waals surface area contributed by atoms with E-state index >= 15 is 0 Å². The average Bonchev–Trinajstić information content (AvgIpc) is 2.04. The highest BCUT2D eigenvalue weighted by Gasteiger charge is 2.38. The van der Waals surface area contributed by atoms with Crippen molar-refractivity contribution in [1.29, 1.82) is 0 Å². The molecule has 0 fully saturated rings. The van der Waals surface area contributed by atoms with E-state index in [1.807, 2.05) is 0 Å². The van der Waals surface area contributed by atoms with Gasteiger partial charge in [0.1, 0.15) is 0 Å². The van der Waals surface area contributed by atoms with Crippen LogP contribution in [0.15, 0.2) is 23.1 Å². The van der Waals surface area contributed by atoms with Crippen LogP contribution in [0.5, 0.6) is 0 Å². The Hall–Kier alpha value is -0.120. The largest absolute Gasteiger partial charge is 0.446 e. The molecule has 0 radical (unpaired) electrons. The molecule has 0 amide bonds. The minimum atomic E-state index is -4.78. The Labute approximate surface area is 105 Å². The summed E-state index contributed by atoms with van der Waals surface area (Å²) in [5.74, 6) is 0. The Bertz CT molecular complexity index is 383. The van der Waals surface area contributed by atoms with Gasteiger partial charge in [-0.15, -0.1) is 0 Å². The fourth-order valence-corrected chi connectivity index (χ4v) is 2.10. The molecule has 0 heterocycles. The first-order chi connectivity index (χ1) is 7.09. The molecular weight excluding hydrogens is 369 g/mol. The number of benzene rings is 1. The van der Waals surface area contributed by atoms with Crippen molar-refractivity contribution in [1.82, 2.24) is 0 Å². The van der Waals surface area contributed by atoms with Crippen LogP contribution in [0, 0.1) is 3.57 Å². The third kappa shape index (κ3) is 4.04. The van der Waals surface area contributed by atoms with Crippen molar-refractivity contribution in [2.24, 2.45) is 0 Å². The zero-order valence-corrected chi connectivity index (χ0v) is 10.3. The fourth-order valence-electron chi connectivity index (χ4n) is 0.937. The van der Waals surface area contributed by atoms with E-state index in [0.717, 1.165) is 6.07 Å². The summed E-state index contributed by atoms with van der Waals surface area (Å²) in [5, 5.41) is 0. The normalized spacial score (nSPS) is 12.9. The molecule has 0 N–H and O–H groups in total. The SMILES string of the molecule is FC(F)(F)Sc1ccc(I)cc1C(F)(F)F. The predicted octanol–water partition coefficient (Wildman–Crippen LogP) is 4.92. The summed E-state index contributed by atoms with van der Waals surface area (Å²) < 4.78 is 73.5.